The number of nitrogens with zero attached hydrogens (tertiary/aromatic N) is 1. The number of halogens is 3. The molecule has 0 aliphatic rings. The van der Waals surface area contributed by atoms with E-state index in [9.17, 15) is 22.8 Å². The van der Waals surface area contributed by atoms with E-state index in [1.165, 1.54) is 24.0 Å². The number of hydrogen-bond acceptors (Lipinski definition) is 2. The number of anilines is 2. The Labute approximate surface area is 149 Å². The Balaban J connectivity index is 2.13. The minimum atomic E-state index is -4.43. The van der Waals surface area contributed by atoms with Crippen LogP contribution in [0.25, 0.3) is 0 Å². The van der Waals surface area contributed by atoms with Crippen LogP contribution >= 0.6 is 0 Å². The number of hydrogen-bond donors (Lipinski definition) is 1. The van der Waals surface area contributed by atoms with Gasteiger partial charge in [-0.25, -0.2) is 0 Å². The SMILES string of the molecule is CC(=O)N(CC(=O)Nc1ccc(C(F)(F)F)cc1)c1cc(C)ccc1C. The molecule has 2 rings (SSSR count). The van der Waals surface area contributed by atoms with Crippen LogP contribution in [-0.2, 0) is 15.8 Å². The summed E-state index contributed by atoms with van der Waals surface area (Å²) in [7, 11) is 0. The largest absolute Gasteiger partial charge is 0.416 e. The molecule has 0 saturated carbocycles. The average molecular weight is 364 g/mol. The average Bonchev–Trinajstić information content (AvgIpc) is 2.54. The predicted molar refractivity (Wildman–Crippen MR) is 94.0 cm³/mol. The van der Waals surface area contributed by atoms with Gasteiger partial charge < -0.3 is 10.2 Å². The number of aryl methyl sites for hydroxylation is 2. The van der Waals surface area contributed by atoms with Gasteiger partial charge in [-0.05, 0) is 55.3 Å². The first kappa shape index (κ1) is 19.5. The van der Waals surface area contributed by atoms with Crippen LogP contribution in [0.3, 0.4) is 0 Å². The van der Waals surface area contributed by atoms with Crippen molar-refractivity contribution >= 4 is 23.2 Å². The summed E-state index contributed by atoms with van der Waals surface area (Å²) in [6, 6.07) is 9.70. The molecule has 26 heavy (non-hydrogen) atoms. The third kappa shape index (κ3) is 4.84. The van der Waals surface area contributed by atoms with Gasteiger partial charge in [-0.1, -0.05) is 12.1 Å². The van der Waals surface area contributed by atoms with Crippen LogP contribution in [0.1, 0.15) is 23.6 Å². The number of benzene rings is 2. The Morgan fingerprint density at radius 2 is 1.65 bits per heavy atom. The van der Waals surface area contributed by atoms with Gasteiger partial charge >= 0.3 is 6.18 Å². The van der Waals surface area contributed by atoms with Gasteiger partial charge in [-0.3, -0.25) is 9.59 Å². The molecule has 1 N–H and O–H groups in total. The first-order valence-electron chi connectivity index (χ1n) is 7.90. The van der Waals surface area contributed by atoms with Crippen molar-refractivity contribution in [2.45, 2.75) is 26.9 Å². The van der Waals surface area contributed by atoms with Gasteiger partial charge in [-0.15, -0.1) is 0 Å². The lowest BCUT2D eigenvalue weighted by molar-refractivity contribution is -0.137. The van der Waals surface area contributed by atoms with E-state index < -0.39 is 17.6 Å². The number of nitrogens with one attached hydrogen (secondary N) is 1. The molecule has 0 radical (unpaired) electrons. The zero-order chi connectivity index (χ0) is 19.5. The van der Waals surface area contributed by atoms with Crippen molar-refractivity contribution in [2.24, 2.45) is 0 Å². The lowest BCUT2D eigenvalue weighted by Gasteiger charge is -2.23. The highest BCUT2D eigenvalue weighted by Crippen LogP contribution is 2.29. The summed E-state index contributed by atoms with van der Waals surface area (Å²) in [5, 5.41) is 2.51. The van der Waals surface area contributed by atoms with Crippen LogP contribution in [0.15, 0.2) is 42.5 Å². The Hall–Kier alpha value is -2.83. The lowest BCUT2D eigenvalue weighted by Crippen LogP contribution is -2.37. The molecule has 0 saturated heterocycles. The molecule has 2 aromatic rings. The molecule has 4 nitrogen and oxygen atoms in total. The number of amides is 2. The highest BCUT2D eigenvalue weighted by Gasteiger charge is 2.30. The first-order chi connectivity index (χ1) is 12.1. The second-order valence-corrected chi connectivity index (χ2v) is 6.02. The third-order valence-corrected chi connectivity index (χ3v) is 3.83. The van der Waals surface area contributed by atoms with E-state index in [2.05, 4.69) is 5.32 Å². The van der Waals surface area contributed by atoms with Crippen LogP contribution in [-0.4, -0.2) is 18.4 Å². The highest BCUT2D eigenvalue weighted by molar-refractivity contribution is 6.02. The quantitative estimate of drug-likeness (QED) is 0.879. The second-order valence-electron chi connectivity index (χ2n) is 6.02. The molecule has 7 heteroatoms. The van der Waals surface area contributed by atoms with Crippen LogP contribution in [0.2, 0.25) is 0 Å². The maximum Gasteiger partial charge on any atom is 0.416 e. The van der Waals surface area contributed by atoms with Gasteiger partial charge in [0.2, 0.25) is 11.8 Å². The Morgan fingerprint density at radius 1 is 1.04 bits per heavy atom. The molecule has 2 amide bonds. The van der Waals surface area contributed by atoms with E-state index in [4.69, 9.17) is 0 Å². The molecule has 0 atom stereocenters. The molecule has 0 fully saturated rings. The van der Waals surface area contributed by atoms with Crippen molar-refractivity contribution in [1.29, 1.82) is 0 Å². The normalized spacial score (nSPS) is 11.2. The van der Waals surface area contributed by atoms with E-state index in [-0.39, 0.29) is 18.1 Å². The van der Waals surface area contributed by atoms with Gasteiger partial charge in [0, 0.05) is 18.3 Å². The summed E-state index contributed by atoms with van der Waals surface area (Å²) in [4.78, 5) is 25.6. The van der Waals surface area contributed by atoms with Crippen molar-refractivity contribution in [3.63, 3.8) is 0 Å². The van der Waals surface area contributed by atoms with E-state index in [1.54, 1.807) is 0 Å². The number of alkyl halides is 3. The molecular weight excluding hydrogens is 345 g/mol. The van der Waals surface area contributed by atoms with E-state index >= 15 is 0 Å². The molecule has 138 valence electrons. The molecule has 0 unspecified atom stereocenters. The standard InChI is InChI=1S/C19H19F3N2O2/c1-12-4-5-13(2)17(10-12)24(14(3)25)11-18(26)23-16-8-6-15(7-9-16)19(20,21)22/h4-10H,11H2,1-3H3,(H,23,26). The topological polar surface area (TPSA) is 49.4 Å². The predicted octanol–water partition coefficient (Wildman–Crippen LogP) is 4.31. The first-order valence-corrected chi connectivity index (χ1v) is 7.90. The Kier molecular flexibility index (Phi) is 5.69. The highest BCUT2D eigenvalue weighted by atomic mass is 19.4. The third-order valence-electron chi connectivity index (χ3n) is 3.83. The molecule has 0 heterocycles. The van der Waals surface area contributed by atoms with Gasteiger partial charge in [0.25, 0.3) is 0 Å². The minimum absolute atomic E-state index is 0.229. The number of carbonyl (C=O) groups excluding carboxylic acids is 2. The fourth-order valence-electron chi connectivity index (χ4n) is 2.46. The zero-order valence-electron chi connectivity index (χ0n) is 14.6. The Bertz CT molecular complexity index is 815. The Morgan fingerprint density at radius 3 is 2.19 bits per heavy atom. The van der Waals surface area contributed by atoms with Crippen LogP contribution in [0.5, 0.6) is 0 Å². The second kappa shape index (κ2) is 7.59. The molecule has 0 aromatic heterocycles. The summed E-state index contributed by atoms with van der Waals surface area (Å²) in [5.41, 5.74) is 1.84. The molecule has 0 spiro atoms. The van der Waals surface area contributed by atoms with Gasteiger partial charge in [-0.2, -0.15) is 13.2 Å². The molecule has 0 bridgehead atoms. The van der Waals surface area contributed by atoms with Crippen molar-refractivity contribution in [3.05, 3.63) is 59.2 Å². The van der Waals surface area contributed by atoms with E-state index in [1.807, 2.05) is 32.0 Å². The maximum absolute atomic E-state index is 12.6. The maximum atomic E-state index is 12.6. The van der Waals surface area contributed by atoms with Crippen LogP contribution in [0, 0.1) is 13.8 Å². The summed E-state index contributed by atoms with van der Waals surface area (Å²) in [5.74, 6) is -0.804. The summed E-state index contributed by atoms with van der Waals surface area (Å²) >= 11 is 0. The van der Waals surface area contributed by atoms with Gasteiger partial charge in [0.1, 0.15) is 6.54 Å². The summed E-state index contributed by atoms with van der Waals surface area (Å²) in [6.45, 7) is 4.83. The molecule has 0 aliphatic carbocycles. The van der Waals surface area contributed by atoms with Crippen LogP contribution in [0.4, 0.5) is 24.5 Å². The zero-order valence-corrected chi connectivity index (χ0v) is 14.6. The van der Waals surface area contributed by atoms with Crippen molar-refractivity contribution < 1.29 is 22.8 Å². The smallest absolute Gasteiger partial charge is 0.325 e. The lowest BCUT2D eigenvalue weighted by atomic mass is 10.1. The van der Waals surface area contributed by atoms with Crippen LogP contribution < -0.4 is 10.2 Å². The van der Waals surface area contributed by atoms with E-state index in [0.29, 0.717) is 5.69 Å². The van der Waals surface area contributed by atoms with Gasteiger partial charge in [0.05, 0.1) is 5.56 Å². The number of rotatable bonds is 4. The fourth-order valence-corrected chi connectivity index (χ4v) is 2.46. The monoisotopic (exact) mass is 364 g/mol. The van der Waals surface area contributed by atoms with Gasteiger partial charge in [0.15, 0.2) is 0 Å². The fraction of sp³-hybridized carbons (Fsp3) is 0.263. The molecular formula is C19H19F3N2O2. The summed E-state index contributed by atoms with van der Waals surface area (Å²) < 4.78 is 37.7. The van der Waals surface area contributed by atoms with Crippen molar-refractivity contribution in [3.8, 4) is 0 Å². The molecule has 0 aliphatic heterocycles. The van der Waals surface area contributed by atoms with Crippen molar-refractivity contribution in [1.82, 2.24) is 0 Å². The van der Waals surface area contributed by atoms with E-state index in [0.717, 1.165) is 23.3 Å². The number of carbonyl (C=O) groups is 2. The molecule has 2 aromatic carbocycles. The van der Waals surface area contributed by atoms with Crippen molar-refractivity contribution in [2.75, 3.05) is 16.8 Å². The summed E-state index contributed by atoms with van der Waals surface area (Å²) in [6.07, 6.45) is -4.43. The minimum Gasteiger partial charge on any atom is -0.325 e.